The molecule has 0 aromatic carbocycles. The summed E-state index contributed by atoms with van der Waals surface area (Å²) in [6.45, 7) is 0.578. The van der Waals surface area contributed by atoms with Crippen molar-refractivity contribution >= 4 is 29.2 Å². The average Bonchev–Trinajstić information content (AvgIpc) is 2.78. The molecule has 2 N–H and O–H groups in total. The number of aromatic nitrogens is 4. The summed E-state index contributed by atoms with van der Waals surface area (Å²) in [5, 5.41) is 4.20. The molecular formula is C9H10ClN5S. The lowest BCUT2D eigenvalue weighted by molar-refractivity contribution is 0.934. The largest absolute Gasteiger partial charge is 0.363 e. The Hall–Kier alpha value is -1.27. The number of H-pyrrole nitrogens is 1. The van der Waals surface area contributed by atoms with Crippen LogP contribution in [0.25, 0.3) is 0 Å². The number of anilines is 1. The summed E-state index contributed by atoms with van der Waals surface area (Å²) in [6, 6.07) is 1.68. The topological polar surface area (TPSA) is 66.5 Å². The molecule has 0 fully saturated rings. The van der Waals surface area contributed by atoms with E-state index in [2.05, 4.69) is 25.3 Å². The monoisotopic (exact) mass is 255 g/mol. The van der Waals surface area contributed by atoms with Gasteiger partial charge in [0.15, 0.2) is 5.16 Å². The molecule has 2 aromatic heterocycles. The van der Waals surface area contributed by atoms with Gasteiger partial charge in [-0.2, -0.15) is 0 Å². The fourth-order valence-electron chi connectivity index (χ4n) is 1.15. The summed E-state index contributed by atoms with van der Waals surface area (Å²) in [7, 11) is 0. The second-order valence-electron chi connectivity index (χ2n) is 2.95. The Labute approximate surface area is 102 Å². The van der Waals surface area contributed by atoms with Crippen molar-refractivity contribution in [3.05, 3.63) is 29.4 Å². The SMILES string of the molecule is CSc1nc(Cl)cc(NCc2ncc[nH]2)n1. The van der Waals surface area contributed by atoms with Gasteiger partial charge in [0.1, 0.15) is 16.8 Å². The van der Waals surface area contributed by atoms with Gasteiger partial charge in [-0.3, -0.25) is 0 Å². The lowest BCUT2D eigenvalue weighted by Gasteiger charge is -2.05. The van der Waals surface area contributed by atoms with Crippen molar-refractivity contribution in [3.63, 3.8) is 0 Å². The Balaban J connectivity index is 2.06. The van der Waals surface area contributed by atoms with Crippen LogP contribution in [0.4, 0.5) is 5.82 Å². The van der Waals surface area contributed by atoms with Crippen LogP contribution in [0.5, 0.6) is 0 Å². The molecule has 0 aliphatic carbocycles. The van der Waals surface area contributed by atoms with Crippen LogP contribution in [0, 0.1) is 0 Å². The molecule has 0 saturated heterocycles. The van der Waals surface area contributed by atoms with Crippen LogP contribution >= 0.6 is 23.4 Å². The third-order valence-corrected chi connectivity index (χ3v) is 2.59. The highest BCUT2D eigenvalue weighted by Crippen LogP contribution is 2.17. The molecule has 2 rings (SSSR count). The van der Waals surface area contributed by atoms with Crippen molar-refractivity contribution in [1.29, 1.82) is 0 Å². The number of rotatable bonds is 4. The summed E-state index contributed by atoms with van der Waals surface area (Å²) < 4.78 is 0. The number of hydrogen-bond donors (Lipinski definition) is 2. The number of nitrogens with zero attached hydrogens (tertiary/aromatic N) is 3. The number of imidazole rings is 1. The number of halogens is 1. The zero-order valence-electron chi connectivity index (χ0n) is 8.57. The summed E-state index contributed by atoms with van der Waals surface area (Å²) in [6.07, 6.45) is 5.39. The molecule has 0 aliphatic rings. The zero-order chi connectivity index (χ0) is 11.4. The first-order valence-corrected chi connectivity index (χ1v) is 6.19. The summed E-state index contributed by atoms with van der Waals surface area (Å²) >= 11 is 7.31. The number of nitrogens with one attached hydrogen (secondary N) is 2. The Morgan fingerprint density at radius 1 is 1.50 bits per heavy atom. The first-order chi connectivity index (χ1) is 7.78. The van der Waals surface area contributed by atoms with E-state index in [0.29, 0.717) is 22.7 Å². The van der Waals surface area contributed by atoms with Gasteiger partial charge >= 0.3 is 0 Å². The second kappa shape index (κ2) is 5.18. The van der Waals surface area contributed by atoms with Gasteiger partial charge in [0, 0.05) is 18.5 Å². The maximum Gasteiger partial charge on any atom is 0.190 e. The lowest BCUT2D eigenvalue weighted by atomic mass is 10.5. The van der Waals surface area contributed by atoms with Gasteiger partial charge in [-0.15, -0.1) is 0 Å². The smallest absolute Gasteiger partial charge is 0.190 e. The average molecular weight is 256 g/mol. The van der Waals surface area contributed by atoms with Crippen molar-refractivity contribution in [2.75, 3.05) is 11.6 Å². The molecule has 0 atom stereocenters. The highest BCUT2D eigenvalue weighted by atomic mass is 35.5. The maximum absolute atomic E-state index is 5.86. The van der Waals surface area contributed by atoms with Crippen molar-refractivity contribution < 1.29 is 0 Å². The Morgan fingerprint density at radius 2 is 2.38 bits per heavy atom. The van der Waals surface area contributed by atoms with Crippen LogP contribution in [0.15, 0.2) is 23.6 Å². The zero-order valence-corrected chi connectivity index (χ0v) is 10.1. The van der Waals surface area contributed by atoms with E-state index in [-0.39, 0.29) is 0 Å². The van der Waals surface area contributed by atoms with E-state index >= 15 is 0 Å². The molecule has 0 bridgehead atoms. The van der Waals surface area contributed by atoms with E-state index in [1.807, 2.05) is 6.26 Å². The van der Waals surface area contributed by atoms with Crippen LogP contribution in [-0.4, -0.2) is 26.2 Å². The minimum Gasteiger partial charge on any atom is -0.363 e. The molecule has 7 heteroatoms. The molecule has 2 heterocycles. The summed E-state index contributed by atoms with van der Waals surface area (Å²) in [5.74, 6) is 1.54. The van der Waals surface area contributed by atoms with E-state index in [4.69, 9.17) is 11.6 Å². The van der Waals surface area contributed by atoms with Gasteiger partial charge in [-0.1, -0.05) is 23.4 Å². The van der Waals surface area contributed by atoms with E-state index in [1.54, 1.807) is 18.5 Å². The van der Waals surface area contributed by atoms with E-state index in [1.165, 1.54) is 11.8 Å². The van der Waals surface area contributed by atoms with Crippen LogP contribution in [0.1, 0.15) is 5.82 Å². The first-order valence-electron chi connectivity index (χ1n) is 4.58. The molecule has 2 aromatic rings. The molecule has 0 radical (unpaired) electrons. The number of thioether (sulfide) groups is 1. The molecule has 0 amide bonds. The van der Waals surface area contributed by atoms with Gasteiger partial charge in [0.05, 0.1) is 6.54 Å². The Kier molecular flexibility index (Phi) is 3.63. The molecule has 0 unspecified atom stereocenters. The number of hydrogen-bond acceptors (Lipinski definition) is 5. The van der Waals surface area contributed by atoms with Crippen molar-refractivity contribution in [3.8, 4) is 0 Å². The quantitative estimate of drug-likeness (QED) is 0.498. The van der Waals surface area contributed by atoms with Gasteiger partial charge < -0.3 is 10.3 Å². The van der Waals surface area contributed by atoms with Gasteiger partial charge in [0.25, 0.3) is 0 Å². The normalized spacial score (nSPS) is 10.4. The van der Waals surface area contributed by atoms with Crippen molar-refractivity contribution in [2.24, 2.45) is 0 Å². The lowest BCUT2D eigenvalue weighted by Crippen LogP contribution is -2.04. The third kappa shape index (κ3) is 2.86. The van der Waals surface area contributed by atoms with E-state index in [0.717, 1.165) is 5.82 Å². The van der Waals surface area contributed by atoms with E-state index in [9.17, 15) is 0 Å². The van der Waals surface area contributed by atoms with Crippen molar-refractivity contribution in [1.82, 2.24) is 19.9 Å². The highest BCUT2D eigenvalue weighted by Gasteiger charge is 2.02. The van der Waals surface area contributed by atoms with Gasteiger partial charge in [0.2, 0.25) is 0 Å². The van der Waals surface area contributed by atoms with E-state index < -0.39 is 0 Å². The van der Waals surface area contributed by atoms with Crippen molar-refractivity contribution in [2.45, 2.75) is 11.7 Å². The summed E-state index contributed by atoms with van der Waals surface area (Å²) in [5.41, 5.74) is 0. The second-order valence-corrected chi connectivity index (χ2v) is 4.11. The third-order valence-electron chi connectivity index (χ3n) is 1.85. The fraction of sp³-hybridized carbons (Fsp3) is 0.222. The maximum atomic E-state index is 5.86. The van der Waals surface area contributed by atoms with Gasteiger partial charge in [-0.25, -0.2) is 15.0 Å². The molecular weight excluding hydrogens is 246 g/mol. The molecule has 84 valence electrons. The van der Waals surface area contributed by atoms with Crippen LogP contribution in [-0.2, 0) is 6.54 Å². The predicted octanol–water partition coefficient (Wildman–Crippen LogP) is 2.19. The van der Waals surface area contributed by atoms with Crippen LogP contribution in [0.3, 0.4) is 0 Å². The first kappa shape index (κ1) is 11.2. The molecule has 16 heavy (non-hydrogen) atoms. The fourth-order valence-corrected chi connectivity index (χ4v) is 1.76. The molecule has 0 spiro atoms. The predicted molar refractivity (Wildman–Crippen MR) is 64.7 cm³/mol. The minimum absolute atomic E-state index is 0.432. The standard InChI is InChI=1S/C9H10ClN5S/c1-16-9-14-6(10)4-7(15-9)13-5-8-11-2-3-12-8/h2-4H,5H2,1H3,(H,11,12)(H,13,14,15). The van der Waals surface area contributed by atoms with Crippen LogP contribution in [0.2, 0.25) is 5.15 Å². The minimum atomic E-state index is 0.432. The Morgan fingerprint density at radius 3 is 3.06 bits per heavy atom. The van der Waals surface area contributed by atoms with Gasteiger partial charge in [-0.05, 0) is 6.26 Å². The molecule has 0 aliphatic heterocycles. The summed E-state index contributed by atoms with van der Waals surface area (Å²) in [4.78, 5) is 15.4. The van der Waals surface area contributed by atoms with Crippen LogP contribution < -0.4 is 5.32 Å². The Bertz CT molecular complexity index is 459. The number of aromatic amines is 1. The highest BCUT2D eigenvalue weighted by molar-refractivity contribution is 7.98. The molecule has 5 nitrogen and oxygen atoms in total. The molecule has 0 saturated carbocycles.